The molecule has 0 bridgehead atoms. The molecule has 1 atom stereocenters. The molecule has 2 aromatic carbocycles. The summed E-state index contributed by atoms with van der Waals surface area (Å²) < 4.78 is 23.6. The number of aromatic nitrogens is 3. The average Bonchev–Trinajstić information content (AvgIpc) is 3.89. The van der Waals surface area contributed by atoms with E-state index >= 15 is 4.39 Å². The molecule has 2 aromatic heterocycles. The van der Waals surface area contributed by atoms with Gasteiger partial charge in [-0.2, -0.15) is 5.10 Å². The van der Waals surface area contributed by atoms with Crippen molar-refractivity contribution in [3.05, 3.63) is 82.6 Å². The van der Waals surface area contributed by atoms with Gasteiger partial charge in [0.15, 0.2) is 11.5 Å². The third kappa shape index (κ3) is 6.92. The van der Waals surface area contributed by atoms with Crippen LogP contribution in [0.3, 0.4) is 0 Å². The van der Waals surface area contributed by atoms with Crippen molar-refractivity contribution in [1.29, 1.82) is 0 Å². The Hall–Kier alpha value is -5.90. The minimum absolute atomic E-state index is 0.0114. The highest BCUT2D eigenvalue weighted by Crippen LogP contribution is 2.38. The SMILES string of the molecule is CC(C)Oc1cc2c(cc1NC(=O)c1cnn3cccnc13)CN(C1CCN(CC3CCN(c4ccc5c(c4F)CN(C4CCC(=O)NC4=O)C5=O)CC3)CC1)C2=O. The quantitative estimate of drug-likeness (QED) is 0.237. The number of hydrogen-bond acceptors (Lipinski definition) is 10. The molecule has 15 nitrogen and oxygen atoms in total. The Bertz CT molecular complexity index is 2330. The van der Waals surface area contributed by atoms with Crippen LogP contribution in [0.15, 0.2) is 48.9 Å². The van der Waals surface area contributed by atoms with Gasteiger partial charge in [0.1, 0.15) is 17.4 Å². The maximum atomic E-state index is 16.0. The predicted octanol–water partition coefficient (Wildman–Crippen LogP) is 4.01. The molecule has 2 N–H and O–H groups in total. The van der Waals surface area contributed by atoms with E-state index in [0.717, 1.165) is 50.9 Å². The number of fused-ring (bicyclic) bond motifs is 3. The number of carbonyl (C=O) groups excluding carboxylic acids is 5. The number of anilines is 2. The molecular formula is C42H46FN9O6. The van der Waals surface area contributed by atoms with Gasteiger partial charge in [0.25, 0.3) is 17.7 Å². The summed E-state index contributed by atoms with van der Waals surface area (Å²) in [6.45, 7) is 8.36. The molecule has 0 spiro atoms. The summed E-state index contributed by atoms with van der Waals surface area (Å²) in [5.41, 5.74) is 3.78. The van der Waals surface area contributed by atoms with Gasteiger partial charge in [0.05, 0.1) is 30.2 Å². The van der Waals surface area contributed by atoms with Crippen LogP contribution < -0.4 is 20.3 Å². The number of benzene rings is 2. The molecule has 0 radical (unpaired) electrons. The Morgan fingerprint density at radius 3 is 2.50 bits per heavy atom. The van der Waals surface area contributed by atoms with Gasteiger partial charge in [-0.15, -0.1) is 0 Å². The van der Waals surface area contributed by atoms with Gasteiger partial charge in [0.2, 0.25) is 11.8 Å². The normalized spacial score (nSPS) is 20.6. The smallest absolute Gasteiger partial charge is 0.261 e. The second-order valence-electron chi connectivity index (χ2n) is 16.3. The number of nitrogens with zero attached hydrogens (tertiary/aromatic N) is 7. The Labute approximate surface area is 334 Å². The van der Waals surface area contributed by atoms with Crippen molar-refractivity contribution < 1.29 is 33.1 Å². The molecule has 4 aromatic rings. The van der Waals surface area contributed by atoms with Crippen molar-refractivity contribution in [1.82, 2.24) is 34.6 Å². The largest absolute Gasteiger partial charge is 0.489 e. The molecule has 7 heterocycles. The predicted molar refractivity (Wildman–Crippen MR) is 210 cm³/mol. The first kappa shape index (κ1) is 37.7. The fourth-order valence-electron chi connectivity index (χ4n) is 9.26. The lowest BCUT2D eigenvalue weighted by atomic mass is 9.94. The zero-order chi connectivity index (χ0) is 40.2. The van der Waals surface area contributed by atoms with Crippen molar-refractivity contribution >= 4 is 46.6 Å². The number of ether oxygens (including phenoxy) is 1. The topological polar surface area (TPSA) is 162 Å². The van der Waals surface area contributed by atoms with E-state index in [4.69, 9.17) is 4.74 Å². The summed E-state index contributed by atoms with van der Waals surface area (Å²) in [7, 11) is 0. The highest BCUT2D eigenvalue weighted by atomic mass is 19.1. The molecule has 5 amide bonds. The van der Waals surface area contributed by atoms with Crippen LogP contribution in [0.1, 0.15) is 94.6 Å². The Morgan fingerprint density at radius 1 is 0.966 bits per heavy atom. The Kier molecular flexibility index (Phi) is 9.82. The van der Waals surface area contributed by atoms with Gasteiger partial charge in [-0.3, -0.25) is 29.3 Å². The second kappa shape index (κ2) is 15.1. The first-order chi connectivity index (χ1) is 28.0. The molecular weight excluding hydrogens is 746 g/mol. The number of imide groups is 1. The molecule has 58 heavy (non-hydrogen) atoms. The standard InChI is InChI=1S/C42H46FN9O6/c1-24(2)58-35-19-29-26(18-32(35)46-39(54)30-20-45-52-13-3-12-44-38(30)52)22-50(42(29)57)27-10-14-48(15-11-27)21-25-8-16-49(17-9-25)33-5-4-28-31(37(33)43)23-51(41(28)56)34-6-7-36(53)47-40(34)55/h3-5,12-13,18-20,24-25,27,34H,6-11,14-17,21-23H2,1-2H3,(H,46,54)(H,47,53,55). The third-order valence-corrected chi connectivity index (χ3v) is 12.3. The van der Waals surface area contributed by atoms with Crippen LogP contribution in [0.5, 0.6) is 5.75 Å². The summed E-state index contributed by atoms with van der Waals surface area (Å²) in [4.78, 5) is 76.7. The third-order valence-electron chi connectivity index (χ3n) is 12.3. The molecule has 5 aliphatic rings. The van der Waals surface area contributed by atoms with E-state index in [1.54, 1.807) is 41.2 Å². The summed E-state index contributed by atoms with van der Waals surface area (Å²) >= 11 is 0. The number of amides is 5. The van der Waals surface area contributed by atoms with Gasteiger partial charge >= 0.3 is 0 Å². The maximum absolute atomic E-state index is 16.0. The van der Waals surface area contributed by atoms with Crippen LogP contribution in [0.25, 0.3) is 5.65 Å². The summed E-state index contributed by atoms with van der Waals surface area (Å²) in [6.07, 6.45) is 8.55. The minimum Gasteiger partial charge on any atom is -0.489 e. The van der Waals surface area contributed by atoms with Crippen molar-refractivity contribution in [3.63, 3.8) is 0 Å². The van der Waals surface area contributed by atoms with E-state index in [1.165, 1.54) is 11.1 Å². The maximum Gasteiger partial charge on any atom is 0.261 e. The number of piperidine rings is 3. The van der Waals surface area contributed by atoms with Crippen LogP contribution in [-0.2, 0) is 22.7 Å². The fraction of sp³-hybridized carbons (Fsp3) is 0.452. The van der Waals surface area contributed by atoms with Crippen LogP contribution in [0, 0.1) is 11.7 Å². The van der Waals surface area contributed by atoms with Gasteiger partial charge in [0, 0.05) is 80.8 Å². The molecule has 9 rings (SSSR count). The molecule has 1 unspecified atom stereocenters. The number of likely N-dealkylation sites (tertiary alicyclic amines) is 1. The number of rotatable bonds is 9. The van der Waals surface area contributed by atoms with E-state index in [1.807, 2.05) is 24.8 Å². The molecule has 5 aliphatic heterocycles. The lowest BCUT2D eigenvalue weighted by Gasteiger charge is -2.40. The number of hydrogen-bond donors (Lipinski definition) is 2. The van der Waals surface area contributed by atoms with Crippen LogP contribution in [0.2, 0.25) is 0 Å². The highest BCUT2D eigenvalue weighted by Gasteiger charge is 2.41. The fourth-order valence-corrected chi connectivity index (χ4v) is 9.26. The van der Waals surface area contributed by atoms with E-state index in [2.05, 4.69) is 30.5 Å². The number of halogens is 1. The molecule has 3 saturated heterocycles. The lowest BCUT2D eigenvalue weighted by Crippen LogP contribution is -2.52. The lowest BCUT2D eigenvalue weighted by molar-refractivity contribution is -0.136. The first-order valence-corrected chi connectivity index (χ1v) is 20.2. The second-order valence-corrected chi connectivity index (χ2v) is 16.3. The molecule has 302 valence electrons. The molecule has 3 fully saturated rings. The summed E-state index contributed by atoms with van der Waals surface area (Å²) in [6, 6.07) is 8.01. The summed E-state index contributed by atoms with van der Waals surface area (Å²) in [5, 5.41) is 9.51. The van der Waals surface area contributed by atoms with E-state index < -0.39 is 17.8 Å². The van der Waals surface area contributed by atoms with Crippen molar-refractivity contribution in [2.24, 2.45) is 5.92 Å². The Balaban J connectivity index is 0.787. The van der Waals surface area contributed by atoms with Crippen molar-refractivity contribution in [2.45, 2.75) is 83.6 Å². The van der Waals surface area contributed by atoms with Crippen molar-refractivity contribution in [2.75, 3.05) is 42.9 Å². The number of carbonyl (C=O) groups is 5. The highest BCUT2D eigenvalue weighted by molar-refractivity contribution is 6.09. The Morgan fingerprint density at radius 2 is 1.74 bits per heavy atom. The van der Waals surface area contributed by atoms with Gasteiger partial charge in [-0.05, 0) is 87.8 Å². The van der Waals surface area contributed by atoms with Gasteiger partial charge < -0.3 is 29.7 Å². The average molecular weight is 792 g/mol. The number of nitrogens with one attached hydrogen (secondary N) is 2. The zero-order valence-electron chi connectivity index (χ0n) is 32.6. The zero-order valence-corrected chi connectivity index (χ0v) is 32.6. The summed E-state index contributed by atoms with van der Waals surface area (Å²) in [5.74, 6) is -1.16. The van der Waals surface area contributed by atoms with Gasteiger partial charge in [-0.25, -0.2) is 13.9 Å². The van der Waals surface area contributed by atoms with E-state index in [0.29, 0.717) is 65.0 Å². The van der Waals surface area contributed by atoms with Crippen LogP contribution >= 0.6 is 0 Å². The van der Waals surface area contributed by atoms with Crippen LogP contribution in [0.4, 0.5) is 15.8 Å². The van der Waals surface area contributed by atoms with Gasteiger partial charge in [-0.1, -0.05) is 0 Å². The minimum atomic E-state index is -0.783. The molecule has 16 heteroatoms. The van der Waals surface area contributed by atoms with Crippen LogP contribution in [-0.4, -0.2) is 110 Å². The van der Waals surface area contributed by atoms with E-state index in [9.17, 15) is 24.0 Å². The monoisotopic (exact) mass is 791 g/mol. The first-order valence-electron chi connectivity index (χ1n) is 20.2. The van der Waals surface area contributed by atoms with E-state index in [-0.39, 0.29) is 60.7 Å². The van der Waals surface area contributed by atoms with Crippen molar-refractivity contribution in [3.8, 4) is 5.75 Å². The molecule has 0 saturated carbocycles. The molecule has 0 aliphatic carbocycles.